The van der Waals surface area contributed by atoms with Gasteiger partial charge in [0.05, 0.1) is 0 Å². The van der Waals surface area contributed by atoms with Crippen LogP contribution in [-0.2, 0) is 14.4 Å². The number of hydrogen-bond donors (Lipinski definition) is 2. The molecule has 0 bridgehead atoms. The molecule has 16 heavy (non-hydrogen) atoms. The molecule has 1 heterocycles. The van der Waals surface area contributed by atoms with Crippen LogP contribution >= 0.6 is 11.8 Å². The Morgan fingerprint density at radius 3 is 2.75 bits per heavy atom. The van der Waals surface area contributed by atoms with Crippen molar-refractivity contribution in [2.75, 3.05) is 6.54 Å². The monoisotopic (exact) mass is 244 g/mol. The molecule has 0 saturated heterocycles. The summed E-state index contributed by atoms with van der Waals surface area (Å²) < 4.78 is 0. The molecule has 0 unspecified atom stereocenters. The number of amidine groups is 1. The summed E-state index contributed by atoms with van der Waals surface area (Å²) in [6.45, 7) is -0.0108. The van der Waals surface area contributed by atoms with Gasteiger partial charge in [0, 0.05) is 25.4 Å². The number of nitrogens with two attached hydrogens (primary N) is 1. The van der Waals surface area contributed by atoms with Crippen LogP contribution in [0, 0.1) is 0 Å². The second-order valence-corrected chi connectivity index (χ2v) is 4.29. The highest BCUT2D eigenvalue weighted by Gasteiger charge is 2.28. The van der Waals surface area contributed by atoms with E-state index in [-0.39, 0.29) is 24.6 Å². The molecule has 0 aromatic rings. The van der Waals surface area contributed by atoms with Gasteiger partial charge in [0.1, 0.15) is 5.25 Å². The number of thioether (sulfide) groups is 1. The number of carbonyl (C=O) groups is 3. The molecule has 0 radical (unpaired) electrons. The molecule has 2 amide bonds. The minimum atomic E-state index is -1.24. The molecule has 1 aliphatic rings. The van der Waals surface area contributed by atoms with Gasteiger partial charge in [-0.1, -0.05) is 11.8 Å². The summed E-state index contributed by atoms with van der Waals surface area (Å²) in [7, 11) is 0. The largest absolute Gasteiger partial charge is 0.550 e. The number of carbonyl (C=O) groups excluding carboxylic acids is 3. The van der Waals surface area contributed by atoms with Gasteiger partial charge in [0.25, 0.3) is 5.91 Å². The SMILES string of the molecule is NC1=NC(=O)[C@@H](CC(=O)NCCC(=O)[O-])S1. The molecule has 8 heteroatoms. The van der Waals surface area contributed by atoms with Crippen molar-refractivity contribution in [1.29, 1.82) is 0 Å². The Morgan fingerprint density at radius 1 is 1.56 bits per heavy atom. The van der Waals surface area contributed by atoms with Crippen LogP contribution in [0.3, 0.4) is 0 Å². The van der Waals surface area contributed by atoms with Crippen LogP contribution < -0.4 is 16.2 Å². The van der Waals surface area contributed by atoms with E-state index in [0.29, 0.717) is 0 Å². The third-order valence-electron chi connectivity index (χ3n) is 1.78. The number of aliphatic carboxylic acids is 1. The van der Waals surface area contributed by atoms with E-state index < -0.39 is 23.0 Å². The number of nitrogens with zero attached hydrogens (tertiary/aromatic N) is 1. The predicted molar refractivity (Wildman–Crippen MR) is 55.3 cm³/mol. The summed E-state index contributed by atoms with van der Waals surface area (Å²) in [6.07, 6.45) is -0.309. The highest BCUT2D eigenvalue weighted by atomic mass is 32.2. The van der Waals surface area contributed by atoms with Crippen molar-refractivity contribution in [3.8, 4) is 0 Å². The number of carboxylic acids is 1. The van der Waals surface area contributed by atoms with Crippen LogP contribution in [0.5, 0.6) is 0 Å². The van der Waals surface area contributed by atoms with Gasteiger partial charge in [0.15, 0.2) is 5.17 Å². The zero-order valence-corrected chi connectivity index (χ0v) is 9.08. The molecule has 1 atom stereocenters. The minimum absolute atomic E-state index is 0.0108. The minimum Gasteiger partial charge on any atom is -0.550 e. The van der Waals surface area contributed by atoms with E-state index in [1.165, 1.54) is 0 Å². The third-order valence-corrected chi connectivity index (χ3v) is 2.77. The summed E-state index contributed by atoms with van der Waals surface area (Å²) >= 11 is 1.03. The van der Waals surface area contributed by atoms with Crippen molar-refractivity contribution in [2.45, 2.75) is 18.1 Å². The van der Waals surface area contributed by atoms with Crippen LogP contribution in [-0.4, -0.2) is 34.7 Å². The van der Waals surface area contributed by atoms with Crippen molar-refractivity contribution >= 4 is 34.7 Å². The van der Waals surface area contributed by atoms with Crippen LogP contribution in [0.2, 0.25) is 0 Å². The lowest BCUT2D eigenvalue weighted by Crippen LogP contribution is -2.33. The lowest BCUT2D eigenvalue weighted by Gasteiger charge is -2.07. The summed E-state index contributed by atoms with van der Waals surface area (Å²) in [5.74, 6) is -2.08. The number of nitrogens with one attached hydrogen (secondary N) is 1. The second-order valence-electron chi connectivity index (χ2n) is 3.07. The van der Waals surface area contributed by atoms with Crippen molar-refractivity contribution in [1.82, 2.24) is 5.32 Å². The molecular weight excluding hydrogens is 234 g/mol. The maximum atomic E-state index is 11.3. The zero-order valence-electron chi connectivity index (χ0n) is 8.26. The zero-order chi connectivity index (χ0) is 12.1. The van der Waals surface area contributed by atoms with Crippen molar-refractivity contribution in [3.05, 3.63) is 0 Å². The van der Waals surface area contributed by atoms with Crippen LogP contribution in [0.25, 0.3) is 0 Å². The Kier molecular flexibility index (Phi) is 4.29. The molecule has 1 aliphatic heterocycles. The average Bonchev–Trinajstić information content (AvgIpc) is 2.44. The molecule has 0 aromatic carbocycles. The number of hydrogen-bond acceptors (Lipinski definition) is 6. The molecule has 0 aliphatic carbocycles. The summed E-state index contributed by atoms with van der Waals surface area (Å²) in [4.78, 5) is 35.9. The molecule has 0 aromatic heterocycles. The highest BCUT2D eigenvalue weighted by molar-refractivity contribution is 8.15. The third kappa shape index (κ3) is 3.89. The molecular formula is C8H10N3O4S-. The standard InChI is InChI=1S/C8H11N3O4S/c9-8-11-7(15)4(16-8)3-5(12)10-2-1-6(13)14/h4H,1-3H2,(H,10,12)(H,13,14)(H2,9,11,15)/p-1/t4-/m1/s1. The lowest BCUT2D eigenvalue weighted by molar-refractivity contribution is -0.305. The molecule has 0 spiro atoms. The fourth-order valence-electron chi connectivity index (χ4n) is 1.08. The number of rotatable bonds is 5. The molecule has 1 rings (SSSR count). The summed E-state index contributed by atoms with van der Waals surface area (Å²) in [5, 5.41) is 12.0. The van der Waals surface area contributed by atoms with Gasteiger partial charge in [-0.05, 0) is 0 Å². The van der Waals surface area contributed by atoms with Crippen molar-refractivity contribution in [2.24, 2.45) is 10.7 Å². The molecule has 88 valence electrons. The van der Waals surface area contributed by atoms with E-state index in [1.807, 2.05) is 0 Å². The fraction of sp³-hybridized carbons (Fsp3) is 0.500. The number of amides is 2. The van der Waals surface area contributed by atoms with Crippen molar-refractivity contribution in [3.63, 3.8) is 0 Å². The van der Waals surface area contributed by atoms with Gasteiger partial charge in [0.2, 0.25) is 5.91 Å². The quantitative estimate of drug-likeness (QED) is 0.555. The summed E-state index contributed by atoms with van der Waals surface area (Å²) in [6, 6.07) is 0. The Balaban J connectivity index is 2.25. The molecule has 0 fully saturated rings. The molecule has 3 N–H and O–H groups in total. The van der Waals surface area contributed by atoms with Crippen LogP contribution in [0.15, 0.2) is 4.99 Å². The van der Waals surface area contributed by atoms with E-state index in [9.17, 15) is 19.5 Å². The molecule has 7 nitrogen and oxygen atoms in total. The lowest BCUT2D eigenvalue weighted by atomic mass is 10.2. The first-order chi connectivity index (χ1) is 7.49. The van der Waals surface area contributed by atoms with Crippen LogP contribution in [0.4, 0.5) is 0 Å². The van der Waals surface area contributed by atoms with Gasteiger partial charge < -0.3 is 21.0 Å². The first-order valence-corrected chi connectivity index (χ1v) is 5.38. The Morgan fingerprint density at radius 2 is 2.25 bits per heavy atom. The van der Waals surface area contributed by atoms with E-state index in [2.05, 4.69) is 10.3 Å². The normalized spacial score (nSPS) is 19.4. The number of aliphatic imine (C=N–C) groups is 1. The smallest absolute Gasteiger partial charge is 0.262 e. The number of carboxylic acid groups (broad SMARTS) is 1. The van der Waals surface area contributed by atoms with Crippen LogP contribution in [0.1, 0.15) is 12.8 Å². The molecule has 0 saturated carbocycles. The first-order valence-electron chi connectivity index (χ1n) is 4.50. The maximum Gasteiger partial charge on any atom is 0.262 e. The van der Waals surface area contributed by atoms with E-state index in [0.717, 1.165) is 11.8 Å². The average molecular weight is 244 g/mol. The maximum absolute atomic E-state index is 11.3. The van der Waals surface area contributed by atoms with E-state index in [4.69, 9.17) is 5.73 Å². The van der Waals surface area contributed by atoms with Gasteiger partial charge >= 0.3 is 0 Å². The fourth-order valence-corrected chi connectivity index (χ4v) is 1.90. The van der Waals surface area contributed by atoms with Crippen molar-refractivity contribution < 1.29 is 19.5 Å². The van der Waals surface area contributed by atoms with Gasteiger partial charge in [-0.15, -0.1) is 0 Å². The van der Waals surface area contributed by atoms with E-state index in [1.54, 1.807) is 0 Å². The Bertz CT molecular complexity index is 355. The second kappa shape index (κ2) is 5.50. The Hall–Kier alpha value is -1.57. The van der Waals surface area contributed by atoms with Gasteiger partial charge in [-0.2, -0.15) is 4.99 Å². The van der Waals surface area contributed by atoms with E-state index >= 15 is 0 Å². The highest BCUT2D eigenvalue weighted by Crippen LogP contribution is 2.22. The summed E-state index contributed by atoms with van der Waals surface area (Å²) in [5.41, 5.74) is 5.31. The predicted octanol–water partition coefficient (Wildman–Crippen LogP) is -2.41. The first kappa shape index (κ1) is 12.5. The van der Waals surface area contributed by atoms with Gasteiger partial charge in [-0.3, -0.25) is 9.59 Å². The Labute approximate surface area is 95.5 Å². The van der Waals surface area contributed by atoms with Gasteiger partial charge in [-0.25, -0.2) is 0 Å². The topological polar surface area (TPSA) is 125 Å².